The first kappa shape index (κ1) is 13.6. The van der Waals surface area contributed by atoms with Crippen LogP contribution in [-0.2, 0) is 19.3 Å². The van der Waals surface area contributed by atoms with E-state index < -0.39 is 0 Å². The largest absolute Gasteiger partial charge is 0.282 e. The predicted molar refractivity (Wildman–Crippen MR) is 90.5 cm³/mol. The second-order valence-corrected chi connectivity index (χ2v) is 6.19. The average Bonchev–Trinajstić information content (AvgIpc) is 2.98. The Morgan fingerprint density at radius 2 is 2.00 bits per heavy atom. The highest BCUT2D eigenvalue weighted by molar-refractivity contribution is 7.71. The number of aromatic amines is 2. The molecule has 0 bridgehead atoms. The van der Waals surface area contributed by atoms with Crippen molar-refractivity contribution in [1.82, 2.24) is 20.2 Å². The van der Waals surface area contributed by atoms with Gasteiger partial charge in [-0.25, -0.2) is 0 Å². The van der Waals surface area contributed by atoms with Gasteiger partial charge >= 0.3 is 0 Å². The average molecular weight is 310 g/mol. The van der Waals surface area contributed by atoms with E-state index in [0.29, 0.717) is 4.77 Å². The van der Waals surface area contributed by atoms with Crippen LogP contribution in [-0.4, -0.2) is 20.2 Å². The molecule has 1 aliphatic carbocycles. The fraction of sp³-hybridized carbons (Fsp3) is 0.353. The van der Waals surface area contributed by atoms with E-state index in [2.05, 4.69) is 40.3 Å². The minimum absolute atomic E-state index is 0.496. The molecule has 22 heavy (non-hydrogen) atoms. The van der Waals surface area contributed by atoms with Gasteiger partial charge in [0.05, 0.1) is 5.52 Å². The minimum Gasteiger partial charge on any atom is -0.282 e. The molecule has 2 aromatic heterocycles. The van der Waals surface area contributed by atoms with E-state index in [1.807, 2.05) is 0 Å². The molecule has 2 heterocycles. The predicted octanol–water partition coefficient (Wildman–Crippen LogP) is 4.12. The third-order valence-corrected chi connectivity index (χ3v) is 4.69. The number of aryl methyl sites for hydroxylation is 2. The van der Waals surface area contributed by atoms with Gasteiger partial charge in [-0.1, -0.05) is 25.1 Å². The lowest BCUT2D eigenvalue weighted by atomic mass is 9.88. The zero-order chi connectivity index (χ0) is 15.1. The standard InChI is InChI=1S/C17H18N4S/c1-2-10-6-5-8-12-14(16-19-17(22)21-20-16)11-7-3-4-9-13(11)18-15(10)12/h5-6,8H,2-4,7,9H2,1H3,(H2,19,20,21,22). The van der Waals surface area contributed by atoms with Gasteiger partial charge in [-0.2, -0.15) is 4.98 Å². The van der Waals surface area contributed by atoms with Gasteiger partial charge < -0.3 is 0 Å². The fourth-order valence-corrected chi connectivity index (χ4v) is 3.59. The molecule has 0 aliphatic heterocycles. The van der Waals surface area contributed by atoms with Gasteiger partial charge in [0.15, 0.2) is 5.82 Å². The topological polar surface area (TPSA) is 57.4 Å². The molecule has 5 heteroatoms. The van der Waals surface area contributed by atoms with Crippen molar-refractivity contribution in [2.24, 2.45) is 0 Å². The molecule has 4 nitrogen and oxygen atoms in total. The molecule has 0 saturated carbocycles. The lowest BCUT2D eigenvalue weighted by Gasteiger charge is -2.20. The molecular weight excluding hydrogens is 292 g/mol. The summed E-state index contributed by atoms with van der Waals surface area (Å²) < 4.78 is 0.496. The lowest BCUT2D eigenvalue weighted by Crippen LogP contribution is -2.09. The summed E-state index contributed by atoms with van der Waals surface area (Å²) in [7, 11) is 0. The van der Waals surface area contributed by atoms with E-state index in [1.54, 1.807) is 0 Å². The van der Waals surface area contributed by atoms with Crippen molar-refractivity contribution < 1.29 is 0 Å². The zero-order valence-corrected chi connectivity index (χ0v) is 13.4. The van der Waals surface area contributed by atoms with Gasteiger partial charge in [-0.3, -0.25) is 15.2 Å². The normalized spacial score (nSPS) is 14.2. The van der Waals surface area contributed by atoms with Gasteiger partial charge in [0.1, 0.15) is 0 Å². The molecule has 0 fully saturated rings. The highest BCUT2D eigenvalue weighted by atomic mass is 32.1. The van der Waals surface area contributed by atoms with E-state index >= 15 is 0 Å². The Labute approximate surface area is 134 Å². The summed E-state index contributed by atoms with van der Waals surface area (Å²) in [6, 6.07) is 6.43. The van der Waals surface area contributed by atoms with Gasteiger partial charge in [-0.15, -0.1) is 0 Å². The Kier molecular flexibility index (Phi) is 3.30. The first-order chi connectivity index (χ1) is 10.8. The van der Waals surface area contributed by atoms with Gasteiger partial charge in [0.2, 0.25) is 4.77 Å². The summed E-state index contributed by atoms with van der Waals surface area (Å²) in [6.07, 6.45) is 5.54. The van der Waals surface area contributed by atoms with Crippen molar-refractivity contribution in [3.05, 3.63) is 39.8 Å². The summed E-state index contributed by atoms with van der Waals surface area (Å²) in [6.45, 7) is 2.18. The van der Waals surface area contributed by atoms with Crippen LogP contribution in [0.5, 0.6) is 0 Å². The van der Waals surface area contributed by atoms with Gasteiger partial charge in [0, 0.05) is 16.6 Å². The number of aromatic nitrogens is 4. The van der Waals surface area contributed by atoms with Crippen molar-refractivity contribution in [3.63, 3.8) is 0 Å². The van der Waals surface area contributed by atoms with Crippen molar-refractivity contribution >= 4 is 23.1 Å². The van der Waals surface area contributed by atoms with Crippen LogP contribution in [0.4, 0.5) is 0 Å². The van der Waals surface area contributed by atoms with Gasteiger partial charge in [0.25, 0.3) is 0 Å². The third-order valence-electron chi connectivity index (χ3n) is 4.50. The Balaban J connectivity index is 2.13. The highest BCUT2D eigenvalue weighted by Crippen LogP contribution is 2.35. The van der Waals surface area contributed by atoms with E-state index in [4.69, 9.17) is 17.2 Å². The molecule has 0 unspecified atom stereocenters. The fourth-order valence-electron chi connectivity index (χ4n) is 3.45. The smallest absolute Gasteiger partial charge is 0.213 e. The number of fused-ring (bicyclic) bond motifs is 2. The second-order valence-electron chi connectivity index (χ2n) is 5.80. The molecule has 4 rings (SSSR count). The maximum atomic E-state index is 5.15. The molecule has 0 radical (unpaired) electrons. The van der Waals surface area contributed by atoms with E-state index in [0.717, 1.165) is 30.6 Å². The first-order valence-corrected chi connectivity index (χ1v) is 8.27. The number of nitrogens with zero attached hydrogens (tertiary/aromatic N) is 2. The molecule has 1 aromatic carbocycles. The molecule has 1 aliphatic rings. The van der Waals surface area contributed by atoms with Crippen LogP contribution in [0.2, 0.25) is 0 Å². The molecular formula is C17H18N4S. The molecule has 112 valence electrons. The van der Waals surface area contributed by atoms with Gasteiger partial charge in [-0.05, 0) is 55.4 Å². The number of H-pyrrole nitrogens is 2. The van der Waals surface area contributed by atoms with E-state index in [-0.39, 0.29) is 0 Å². The van der Waals surface area contributed by atoms with Crippen molar-refractivity contribution in [2.45, 2.75) is 39.0 Å². The lowest BCUT2D eigenvalue weighted by molar-refractivity contribution is 0.671. The molecule has 0 spiro atoms. The Hall–Kier alpha value is -2.01. The summed E-state index contributed by atoms with van der Waals surface area (Å²) in [4.78, 5) is 9.47. The summed E-state index contributed by atoms with van der Waals surface area (Å²) in [5, 5.41) is 7.24. The number of rotatable bonds is 2. The summed E-state index contributed by atoms with van der Waals surface area (Å²) in [5.41, 5.74) is 6.16. The zero-order valence-electron chi connectivity index (χ0n) is 12.6. The third kappa shape index (κ3) is 2.08. The number of benzene rings is 1. The van der Waals surface area contributed by atoms with Crippen LogP contribution in [0.1, 0.15) is 36.6 Å². The highest BCUT2D eigenvalue weighted by Gasteiger charge is 2.21. The molecule has 0 saturated heterocycles. The van der Waals surface area contributed by atoms with Crippen molar-refractivity contribution in [2.75, 3.05) is 0 Å². The number of hydrogen-bond acceptors (Lipinski definition) is 3. The Morgan fingerprint density at radius 1 is 1.14 bits per heavy atom. The quantitative estimate of drug-likeness (QED) is 0.700. The van der Waals surface area contributed by atoms with Crippen LogP contribution in [0.3, 0.4) is 0 Å². The van der Waals surface area contributed by atoms with E-state index in [1.165, 1.54) is 40.6 Å². The number of pyridine rings is 1. The number of nitrogens with one attached hydrogen (secondary N) is 2. The maximum Gasteiger partial charge on any atom is 0.213 e. The monoisotopic (exact) mass is 310 g/mol. The minimum atomic E-state index is 0.496. The van der Waals surface area contributed by atoms with Crippen LogP contribution in [0.25, 0.3) is 22.3 Å². The van der Waals surface area contributed by atoms with Crippen LogP contribution < -0.4 is 0 Å². The Morgan fingerprint density at radius 3 is 2.77 bits per heavy atom. The van der Waals surface area contributed by atoms with Crippen LogP contribution in [0.15, 0.2) is 18.2 Å². The van der Waals surface area contributed by atoms with Crippen LogP contribution >= 0.6 is 12.2 Å². The van der Waals surface area contributed by atoms with Crippen molar-refractivity contribution in [3.8, 4) is 11.4 Å². The number of hydrogen-bond donors (Lipinski definition) is 2. The Bertz CT molecular complexity index is 907. The molecule has 0 atom stereocenters. The SMILES string of the molecule is CCc1cccc2c(-c3nc(=S)[nH][nH]3)c3c(nc12)CCCC3. The molecule has 0 amide bonds. The van der Waals surface area contributed by atoms with E-state index in [9.17, 15) is 0 Å². The first-order valence-electron chi connectivity index (χ1n) is 7.86. The summed E-state index contributed by atoms with van der Waals surface area (Å²) in [5.74, 6) is 0.837. The maximum absolute atomic E-state index is 5.15. The molecule has 3 aromatic rings. The van der Waals surface area contributed by atoms with Crippen LogP contribution in [0, 0.1) is 4.77 Å². The second kappa shape index (κ2) is 5.32. The summed E-state index contributed by atoms with van der Waals surface area (Å²) >= 11 is 5.15. The van der Waals surface area contributed by atoms with Crippen molar-refractivity contribution in [1.29, 1.82) is 0 Å². The number of para-hydroxylation sites is 1. The molecule has 2 N–H and O–H groups in total.